The molecule has 1 atom stereocenters. The Hall–Kier alpha value is -2.08. The number of amides is 1. The Balaban J connectivity index is 1.71. The number of carbonyl (C=O) groups is 1. The van der Waals surface area contributed by atoms with Crippen LogP contribution in [-0.2, 0) is 11.3 Å². The Morgan fingerprint density at radius 2 is 1.96 bits per heavy atom. The molecular weight excluding hydrogens is 362 g/mol. The monoisotopic (exact) mass is 387 g/mol. The molecule has 0 aromatic heterocycles. The number of benzene rings is 2. The van der Waals surface area contributed by atoms with Gasteiger partial charge in [0.25, 0.3) is 0 Å². The van der Waals surface area contributed by atoms with Crippen LogP contribution in [0.3, 0.4) is 0 Å². The van der Waals surface area contributed by atoms with E-state index in [4.69, 9.17) is 16.3 Å². The fourth-order valence-electron chi connectivity index (χ4n) is 3.40. The maximum atomic E-state index is 13.0. The van der Waals surface area contributed by atoms with Gasteiger partial charge in [0.15, 0.2) is 0 Å². The summed E-state index contributed by atoms with van der Waals surface area (Å²) in [4.78, 5) is 17.5. The molecule has 1 fully saturated rings. The van der Waals surface area contributed by atoms with Gasteiger partial charge < -0.3 is 15.0 Å². The Bertz CT molecular complexity index is 769. The number of carbonyl (C=O) groups excluding carboxylic acids is 1. The molecule has 3 rings (SSSR count). The molecule has 2 aromatic carbocycles. The molecular formula is C21H26ClN3O2. The quantitative estimate of drug-likeness (QED) is 0.854. The molecule has 2 aromatic rings. The van der Waals surface area contributed by atoms with Crippen molar-refractivity contribution in [3.05, 3.63) is 59.1 Å². The Labute approximate surface area is 165 Å². The molecule has 0 saturated carbocycles. The first-order chi connectivity index (χ1) is 13.0. The number of nitrogens with zero attached hydrogens (tertiary/aromatic N) is 2. The van der Waals surface area contributed by atoms with Crippen LogP contribution in [0.4, 0.5) is 5.69 Å². The third-order valence-electron chi connectivity index (χ3n) is 4.85. The van der Waals surface area contributed by atoms with Gasteiger partial charge in [-0.15, -0.1) is 0 Å². The zero-order valence-electron chi connectivity index (χ0n) is 15.8. The predicted molar refractivity (Wildman–Crippen MR) is 109 cm³/mol. The molecule has 1 unspecified atom stereocenters. The van der Waals surface area contributed by atoms with Crippen LogP contribution in [-0.4, -0.2) is 56.0 Å². The fourth-order valence-corrected chi connectivity index (χ4v) is 3.58. The third kappa shape index (κ3) is 5.45. The second kappa shape index (κ2) is 9.22. The summed E-state index contributed by atoms with van der Waals surface area (Å²) < 4.78 is 5.34. The van der Waals surface area contributed by atoms with Crippen molar-refractivity contribution in [1.82, 2.24) is 9.80 Å². The second-order valence-electron chi connectivity index (χ2n) is 7.01. The number of anilines is 1. The first-order valence-electron chi connectivity index (χ1n) is 9.14. The van der Waals surface area contributed by atoms with Gasteiger partial charge >= 0.3 is 0 Å². The lowest BCUT2D eigenvalue weighted by Gasteiger charge is -2.24. The summed E-state index contributed by atoms with van der Waals surface area (Å²) in [6.07, 6.45) is 0. The normalized spacial score (nSPS) is 18.7. The van der Waals surface area contributed by atoms with Crippen molar-refractivity contribution in [1.29, 1.82) is 0 Å². The number of rotatable bonds is 5. The SMILES string of the molecule is COc1ccc(Cl)cc1NC(=O)C1CN(C)CCN(Cc2ccccc2)C1. The number of hydrogen-bond acceptors (Lipinski definition) is 4. The summed E-state index contributed by atoms with van der Waals surface area (Å²) in [6, 6.07) is 15.6. The van der Waals surface area contributed by atoms with Gasteiger partial charge in [-0.2, -0.15) is 0 Å². The Morgan fingerprint density at radius 3 is 2.70 bits per heavy atom. The second-order valence-corrected chi connectivity index (χ2v) is 7.45. The summed E-state index contributed by atoms with van der Waals surface area (Å²) in [5.41, 5.74) is 1.87. The molecule has 0 aliphatic carbocycles. The van der Waals surface area contributed by atoms with Crippen molar-refractivity contribution in [2.75, 3.05) is 45.7 Å². The fraction of sp³-hybridized carbons (Fsp3) is 0.381. The van der Waals surface area contributed by atoms with Crippen LogP contribution in [0.1, 0.15) is 5.56 Å². The van der Waals surface area contributed by atoms with Gasteiger partial charge in [0.2, 0.25) is 5.91 Å². The van der Waals surface area contributed by atoms with E-state index < -0.39 is 0 Å². The van der Waals surface area contributed by atoms with Crippen LogP contribution in [0.2, 0.25) is 5.02 Å². The summed E-state index contributed by atoms with van der Waals surface area (Å²) in [5, 5.41) is 3.57. The minimum absolute atomic E-state index is 0.0117. The van der Waals surface area contributed by atoms with E-state index in [0.29, 0.717) is 23.0 Å². The molecule has 0 spiro atoms. The molecule has 144 valence electrons. The number of nitrogens with one attached hydrogen (secondary N) is 1. The molecule has 1 heterocycles. The van der Waals surface area contributed by atoms with Crippen LogP contribution in [0, 0.1) is 5.92 Å². The average Bonchev–Trinajstić information content (AvgIpc) is 2.84. The van der Waals surface area contributed by atoms with Gasteiger partial charge in [0.05, 0.1) is 18.7 Å². The van der Waals surface area contributed by atoms with Crippen molar-refractivity contribution in [2.24, 2.45) is 5.92 Å². The topological polar surface area (TPSA) is 44.8 Å². The summed E-state index contributed by atoms with van der Waals surface area (Å²) in [5.74, 6) is 0.461. The van der Waals surface area contributed by atoms with Crippen LogP contribution in [0.5, 0.6) is 5.75 Å². The highest BCUT2D eigenvalue weighted by Gasteiger charge is 2.27. The number of ether oxygens (including phenoxy) is 1. The minimum Gasteiger partial charge on any atom is -0.495 e. The van der Waals surface area contributed by atoms with E-state index in [1.165, 1.54) is 5.56 Å². The zero-order valence-corrected chi connectivity index (χ0v) is 16.6. The van der Waals surface area contributed by atoms with Crippen molar-refractivity contribution < 1.29 is 9.53 Å². The van der Waals surface area contributed by atoms with Crippen molar-refractivity contribution in [3.63, 3.8) is 0 Å². The predicted octanol–water partition coefficient (Wildman–Crippen LogP) is 3.35. The summed E-state index contributed by atoms with van der Waals surface area (Å²) in [7, 11) is 3.65. The first-order valence-corrected chi connectivity index (χ1v) is 9.52. The molecule has 27 heavy (non-hydrogen) atoms. The van der Waals surface area contributed by atoms with E-state index in [-0.39, 0.29) is 11.8 Å². The van der Waals surface area contributed by atoms with E-state index in [1.54, 1.807) is 25.3 Å². The lowest BCUT2D eigenvalue weighted by atomic mass is 10.1. The maximum Gasteiger partial charge on any atom is 0.230 e. The van der Waals surface area contributed by atoms with Crippen LogP contribution in [0.15, 0.2) is 48.5 Å². The van der Waals surface area contributed by atoms with E-state index in [2.05, 4.69) is 46.4 Å². The summed E-state index contributed by atoms with van der Waals surface area (Å²) >= 11 is 6.08. The zero-order chi connectivity index (χ0) is 19.2. The molecule has 1 aliphatic rings. The van der Waals surface area contributed by atoms with Gasteiger partial charge in [-0.3, -0.25) is 9.69 Å². The van der Waals surface area contributed by atoms with Crippen LogP contribution in [0.25, 0.3) is 0 Å². The molecule has 1 aliphatic heterocycles. The van der Waals surface area contributed by atoms with Crippen LogP contribution < -0.4 is 10.1 Å². The number of likely N-dealkylation sites (N-methyl/N-ethyl adjacent to an activating group) is 1. The molecule has 5 nitrogen and oxygen atoms in total. The van der Waals surface area contributed by atoms with E-state index in [9.17, 15) is 4.79 Å². The molecule has 0 bridgehead atoms. The molecule has 6 heteroatoms. The summed E-state index contributed by atoms with van der Waals surface area (Å²) in [6.45, 7) is 4.17. The van der Waals surface area contributed by atoms with Gasteiger partial charge in [-0.1, -0.05) is 41.9 Å². The van der Waals surface area contributed by atoms with Gasteiger partial charge in [-0.25, -0.2) is 0 Å². The highest BCUT2D eigenvalue weighted by Crippen LogP contribution is 2.28. The van der Waals surface area contributed by atoms with Crippen molar-refractivity contribution >= 4 is 23.2 Å². The number of halogens is 1. The molecule has 1 saturated heterocycles. The largest absolute Gasteiger partial charge is 0.495 e. The maximum absolute atomic E-state index is 13.0. The minimum atomic E-state index is -0.134. The molecule has 1 amide bonds. The first kappa shape index (κ1) is 19.7. The lowest BCUT2D eigenvalue weighted by molar-refractivity contribution is -0.120. The standard InChI is InChI=1S/C21H26ClN3O2/c1-24-10-11-25(13-16-6-4-3-5-7-16)15-17(14-24)21(26)23-19-12-18(22)8-9-20(19)27-2/h3-9,12,17H,10-11,13-15H2,1-2H3,(H,23,26). The third-order valence-corrected chi connectivity index (χ3v) is 5.08. The number of methoxy groups -OCH3 is 1. The van der Waals surface area contributed by atoms with Gasteiger partial charge in [0.1, 0.15) is 5.75 Å². The highest BCUT2D eigenvalue weighted by molar-refractivity contribution is 6.31. The van der Waals surface area contributed by atoms with E-state index in [1.807, 2.05) is 6.07 Å². The number of hydrogen-bond donors (Lipinski definition) is 1. The van der Waals surface area contributed by atoms with E-state index in [0.717, 1.165) is 26.2 Å². The highest BCUT2D eigenvalue weighted by atomic mass is 35.5. The lowest BCUT2D eigenvalue weighted by Crippen LogP contribution is -2.37. The van der Waals surface area contributed by atoms with Crippen molar-refractivity contribution in [3.8, 4) is 5.75 Å². The smallest absolute Gasteiger partial charge is 0.230 e. The Morgan fingerprint density at radius 1 is 1.19 bits per heavy atom. The van der Waals surface area contributed by atoms with Gasteiger partial charge in [0, 0.05) is 37.7 Å². The van der Waals surface area contributed by atoms with E-state index >= 15 is 0 Å². The Kier molecular flexibility index (Phi) is 6.72. The molecule has 0 radical (unpaired) electrons. The van der Waals surface area contributed by atoms with Crippen molar-refractivity contribution in [2.45, 2.75) is 6.54 Å². The average molecular weight is 388 g/mol. The molecule has 1 N–H and O–H groups in total. The van der Waals surface area contributed by atoms with Gasteiger partial charge in [-0.05, 0) is 30.8 Å². The van der Waals surface area contributed by atoms with Crippen LogP contribution >= 0.6 is 11.6 Å².